The lowest BCUT2D eigenvalue weighted by Crippen LogP contribution is -2.56. The highest BCUT2D eigenvalue weighted by atomic mass is 16.3. The summed E-state index contributed by atoms with van der Waals surface area (Å²) in [5, 5.41) is 21.4. The summed E-state index contributed by atoms with van der Waals surface area (Å²) in [6.07, 6.45) is 0.197. The number of aryl methyl sites for hydroxylation is 1. The molecule has 27 heavy (non-hydrogen) atoms. The van der Waals surface area contributed by atoms with E-state index in [0.717, 1.165) is 31.7 Å². The zero-order valence-electron chi connectivity index (χ0n) is 16.5. The van der Waals surface area contributed by atoms with Crippen LogP contribution in [0.25, 0.3) is 0 Å². The Bertz CT molecular complexity index is 616. The molecular weight excluding hydrogens is 342 g/mol. The molecule has 150 valence electrons. The second-order valence-electron chi connectivity index (χ2n) is 8.29. The van der Waals surface area contributed by atoms with Crippen molar-refractivity contribution in [3.8, 4) is 0 Å². The molecule has 6 nitrogen and oxygen atoms in total. The van der Waals surface area contributed by atoms with Crippen molar-refractivity contribution in [3.63, 3.8) is 0 Å². The molecule has 1 aromatic carbocycles. The summed E-state index contributed by atoms with van der Waals surface area (Å²) in [4.78, 5) is 18.8. The molecule has 2 heterocycles. The SMILES string of the molecule is CC(C)N1CCN(C[C@]2(O)CN(C(=O)CCc3ccccc3)C[C@H]2O)CC1. The second kappa shape index (κ2) is 8.69. The molecule has 0 spiro atoms. The van der Waals surface area contributed by atoms with Crippen LogP contribution in [0.3, 0.4) is 0 Å². The third kappa shape index (κ3) is 5.08. The van der Waals surface area contributed by atoms with Gasteiger partial charge in [-0.2, -0.15) is 0 Å². The molecule has 0 aromatic heterocycles. The minimum Gasteiger partial charge on any atom is -0.388 e. The predicted octanol–water partition coefficient (Wildman–Crippen LogP) is 0.579. The van der Waals surface area contributed by atoms with Gasteiger partial charge in [0, 0.05) is 51.7 Å². The number of likely N-dealkylation sites (tertiary alicyclic amines) is 1. The monoisotopic (exact) mass is 375 g/mol. The molecule has 2 N–H and O–H groups in total. The van der Waals surface area contributed by atoms with E-state index in [0.29, 0.717) is 25.4 Å². The lowest BCUT2D eigenvalue weighted by Gasteiger charge is -2.40. The summed E-state index contributed by atoms with van der Waals surface area (Å²) in [6, 6.07) is 10.5. The van der Waals surface area contributed by atoms with Crippen LogP contribution in [-0.2, 0) is 11.2 Å². The summed E-state index contributed by atoms with van der Waals surface area (Å²) in [6.45, 7) is 8.97. The number of benzene rings is 1. The van der Waals surface area contributed by atoms with Crippen molar-refractivity contribution in [2.75, 3.05) is 45.8 Å². The van der Waals surface area contributed by atoms with Crippen molar-refractivity contribution in [1.29, 1.82) is 0 Å². The largest absolute Gasteiger partial charge is 0.388 e. The fourth-order valence-electron chi connectivity index (χ4n) is 4.10. The quantitative estimate of drug-likeness (QED) is 0.761. The lowest BCUT2D eigenvalue weighted by atomic mass is 9.99. The number of rotatable bonds is 6. The third-order valence-corrected chi connectivity index (χ3v) is 5.94. The Morgan fingerprint density at radius 2 is 1.85 bits per heavy atom. The van der Waals surface area contributed by atoms with E-state index < -0.39 is 11.7 Å². The van der Waals surface area contributed by atoms with Gasteiger partial charge in [0.2, 0.25) is 5.91 Å². The smallest absolute Gasteiger partial charge is 0.223 e. The number of nitrogens with zero attached hydrogens (tertiary/aromatic N) is 3. The molecule has 2 saturated heterocycles. The molecule has 1 aromatic rings. The fraction of sp³-hybridized carbons (Fsp3) is 0.667. The normalized spacial score (nSPS) is 27.4. The summed E-state index contributed by atoms with van der Waals surface area (Å²) in [5.41, 5.74) is -0.105. The van der Waals surface area contributed by atoms with Crippen molar-refractivity contribution < 1.29 is 15.0 Å². The van der Waals surface area contributed by atoms with Gasteiger partial charge >= 0.3 is 0 Å². The topological polar surface area (TPSA) is 67.2 Å². The minimum atomic E-state index is -1.23. The van der Waals surface area contributed by atoms with Crippen LogP contribution < -0.4 is 0 Å². The van der Waals surface area contributed by atoms with Crippen LogP contribution in [0.5, 0.6) is 0 Å². The van der Waals surface area contributed by atoms with Gasteiger partial charge in [0.25, 0.3) is 0 Å². The Morgan fingerprint density at radius 3 is 2.48 bits per heavy atom. The predicted molar refractivity (Wildman–Crippen MR) is 105 cm³/mol. The van der Waals surface area contributed by atoms with Crippen LogP contribution in [0, 0.1) is 0 Å². The molecular formula is C21H33N3O3. The zero-order chi connectivity index (χ0) is 19.4. The number of piperazine rings is 1. The third-order valence-electron chi connectivity index (χ3n) is 5.94. The minimum absolute atomic E-state index is 0.00143. The van der Waals surface area contributed by atoms with Gasteiger partial charge < -0.3 is 15.1 Å². The molecule has 1 amide bonds. The summed E-state index contributed by atoms with van der Waals surface area (Å²) >= 11 is 0. The number of carbonyl (C=O) groups is 1. The fourth-order valence-corrected chi connectivity index (χ4v) is 4.10. The summed E-state index contributed by atoms with van der Waals surface area (Å²) in [5.74, 6) is -0.00143. The van der Waals surface area contributed by atoms with E-state index in [9.17, 15) is 15.0 Å². The average Bonchev–Trinajstić information content (AvgIpc) is 2.95. The number of hydrogen-bond donors (Lipinski definition) is 2. The van der Waals surface area contributed by atoms with Crippen molar-refractivity contribution >= 4 is 5.91 Å². The number of hydrogen-bond acceptors (Lipinski definition) is 5. The van der Waals surface area contributed by atoms with Gasteiger partial charge in [-0.3, -0.25) is 14.6 Å². The molecule has 0 unspecified atom stereocenters. The number of carbonyl (C=O) groups excluding carboxylic acids is 1. The molecule has 3 rings (SSSR count). The van der Waals surface area contributed by atoms with Crippen molar-refractivity contribution in [1.82, 2.24) is 14.7 Å². The molecule has 0 radical (unpaired) electrons. The van der Waals surface area contributed by atoms with Gasteiger partial charge in [-0.25, -0.2) is 0 Å². The summed E-state index contributed by atoms with van der Waals surface area (Å²) < 4.78 is 0. The molecule has 2 aliphatic rings. The van der Waals surface area contributed by atoms with Gasteiger partial charge in [0.15, 0.2) is 0 Å². The van der Waals surface area contributed by atoms with E-state index in [1.54, 1.807) is 4.90 Å². The maximum Gasteiger partial charge on any atom is 0.223 e. The van der Waals surface area contributed by atoms with Gasteiger partial charge in [-0.1, -0.05) is 30.3 Å². The van der Waals surface area contributed by atoms with Crippen LogP contribution in [0.2, 0.25) is 0 Å². The zero-order valence-corrected chi connectivity index (χ0v) is 16.5. The van der Waals surface area contributed by atoms with Gasteiger partial charge in [-0.05, 0) is 25.8 Å². The molecule has 2 aliphatic heterocycles. The Hall–Kier alpha value is -1.47. The Labute approximate surface area is 162 Å². The first-order valence-corrected chi connectivity index (χ1v) is 10.1. The van der Waals surface area contributed by atoms with E-state index >= 15 is 0 Å². The van der Waals surface area contributed by atoms with Gasteiger partial charge in [0.1, 0.15) is 11.7 Å². The average molecular weight is 376 g/mol. The summed E-state index contributed by atoms with van der Waals surface area (Å²) in [7, 11) is 0. The molecule has 6 heteroatoms. The van der Waals surface area contributed by atoms with Gasteiger partial charge in [0.05, 0.1) is 6.54 Å². The first kappa shape index (κ1) is 20.3. The maximum atomic E-state index is 12.5. The number of β-amino-alcohol motifs (C(OH)–C–C–N with tert-alkyl or cyclic N) is 2. The Morgan fingerprint density at radius 1 is 1.19 bits per heavy atom. The lowest BCUT2D eigenvalue weighted by molar-refractivity contribution is -0.131. The molecule has 0 bridgehead atoms. The highest BCUT2D eigenvalue weighted by Crippen LogP contribution is 2.25. The van der Waals surface area contributed by atoms with Crippen LogP contribution in [-0.4, -0.2) is 94.4 Å². The van der Waals surface area contributed by atoms with Crippen LogP contribution >= 0.6 is 0 Å². The Kier molecular flexibility index (Phi) is 6.52. The molecule has 2 atom stereocenters. The van der Waals surface area contributed by atoms with Crippen LogP contribution in [0.15, 0.2) is 30.3 Å². The highest BCUT2D eigenvalue weighted by molar-refractivity contribution is 5.77. The van der Waals surface area contributed by atoms with Crippen LogP contribution in [0.4, 0.5) is 0 Å². The maximum absolute atomic E-state index is 12.5. The highest BCUT2D eigenvalue weighted by Gasteiger charge is 2.47. The standard InChI is InChI=1S/C21H33N3O3/c1-17(2)23-12-10-22(11-13-23)15-21(27)16-24(14-19(21)25)20(26)9-8-18-6-4-3-5-7-18/h3-7,17,19,25,27H,8-16H2,1-2H3/t19-,21+/m1/s1. The van der Waals surface area contributed by atoms with E-state index in [-0.39, 0.29) is 19.0 Å². The number of amides is 1. The van der Waals surface area contributed by atoms with E-state index in [2.05, 4.69) is 23.6 Å². The second-order valence-corrected chi connectivity index (χ2v) is 8.29. The molecule has 2 fully saturated rings. The van der Waals surface area contributed by atoms with Crippen LogP contribution in [0.1, 0.15) is 25.8 Å². The Balaban J connectivity index is 1.50. The first-order chi connectivity index (χ1) is 12.9. The molecule has 0 aliphatic carbocycles. The van der Waals surface area contributed by atoms with Gasteiger partial charge in [-0.15, -0.1) is 0 Å². The van der Waals surface area contributed by atoms with Crippen molar-refractivity contribution in [3.05, 3.63) is 35.9 Å². The van der Waals surface area contributed by atoms with Crippen molar-refractivity contribution in [2.24, 2.45) is 0 Å². The number of aliphatic hydroxyl groups excluding tert-OH is 1. The number of aliphatic hydroxyl groups is 2. The first-order valence-electron chi connectivity index (χ1n) is 10.1. The van der Waals surface area contributed by atoms with E-state index in [1.807, 2.05) is 30.3 Å². The molecule has 0 saturated carbocycles. The van der Waals surface area contributed by atoms with E-state index in [1.165, 1.54) is 0 Å². The van der Waals surface area contributed by atoms with Crippen molar-refractivity contribution in [2.45, 2.75) is 44.4 Å². The van der Waals surface area contributed by atoms with E-state index in [4.69, 9.17) is 0 Å².